The maximum Gasteiger partial charge on any atom is 0.190 e. The molecule has 0 unspecified atom stereocenters. The second-order valence-electron chi connectivity index (χ2n) is 1.37. The van der Waals surface area contributed by atoms with Crippen LogP contribution in [0, 0.1) is 0 Å². The molecule has 0 bridgehead atoms. The van der Waals surface area contributed by atoms with E-state index in [-0.39, 0.29) is 21.7 Å². The van der Waals surface area contributed by atoms with E-state index in [0.29, 0.717) is 6.42 Å². The predicted octanol–water partition coefficient (Wildman–Crippen LogP) is 3.15. The van der Waals surface area contributed by atoms with Gasteiger partial charge in [-0.05, 0) is 6.42 Å². The van der Waals surface area contributed by atoms with E-state index in [1.165, 1.54) is 0 Å². The van der Waals surface area contributed by atoms with Crippen molar-refractivity contribution in [3.63, 3.8) is 0 Å². The number of alkyl halides is 3. The van der Waals surface area contributed by atoms with E-state index >= 15 is 0 Å². The summed E-state index contributed by atoms with van der Waals surface area (Å²) in [7, 11) is 0. The molecule has 8 heavy (non-hydrogen) atoms. The average molecular weight is 209 g/mol. The van der Waals surface area contributed by atoms with Crippen molar-refractivity contribution in [1.29, 1.82) is 0 Å². The second kappa shape index (κ2) is 5.38. The minimum Gasteiger partial charge on any atom is -0.0837 e. The molecular weight excluding hydrogens is 202 g/mol. The molecule has 0 aliphatic heterocycles. The van der Waals surface area contributed by atoms with Gasteiger partial charge in [-0.25, -0.2) is 0 Å². The molecule has 4 heteroatoms. The molecule has 0 aromatic rings. The maximum atomic E-state index is 5.36. The van der Waals surface area contributed by atoms with Crippen LogP contribution < -0.4 is 0 Å². The van der Waals surface area contributed by atoms with E-state index in [0.717, 1.165) is 6.42 Å². The van der Waals surface area contributed by atoms with Crippen LogP contribution in [0.5, 0.6) is 0 Å². The van der Waals surface area contributed by atoms with Gasteiger partial charge in [0.2, 0.25) is 0 Å². The fraction of sp³-hybridized carbons (Fsp3) is 1.00. The Morgan fingerprint density at radius 1 is 1.25 bits per heavy atom. The largest absolute Gasteiger partial charge is 0.190 e. The average Bonchev–Trinajstić information content (AvgIpc) is 1.30. The first kappa shape index (κ1) is 12.3. The van der Waals surface area contributed by atoms with E-state index in [1.54, 1.807) is 0 Å². The Hall–Kier alpha value is 1.58. The quantitative estimate of drug-likeness (QED) is 0.460. The van der Waals surface area contributed by atoms with Crippen molar-refractivity contribution in [2.75, 3.05) is 0 Å². The Morgan fingerprint density at radius 2 is 1.62 bits per heavy atom. The van der Waals surface area contributed by atoms with Gasteiger partial charge >= 0.3 is 0 Å². The molecule has 0 aromatic carbocycles. The van der Waals surface area contributed by atoms with Crippen LogP contribution in [0.3, 0.4) is 0 Å². The maximum absolute atomic E-state index is 5.36. The van der Waals surface area contributed by atoms with Crippen molar-refractivity contribution in [1.82, 2.24) is 0 Å². The summed E-state index contributed by atoms with van der Waals surface area (Å²) in [6, 6.07) is 0. The van der Waals surface area contributed by atoms with Crippen LogP contribution in [-0.4, -0.2) is 3.79 Å². The molecule has 0 aliphatic rings. The van der Waals surface area contributed by atoms with Crippen LogP contribution in [0.2, 0.25) is 0 Å². The number of halogens is 3. The number of rotatable bonds is 1. The first-order chi connectivity index (χ1) is 3.06. The summed E-state index contributed by atoms with van der Waals surface area (Å²) < 4.78 is -1.03. The molecular formula is C4H7Cl3Ti. The molecule has 0 saturated carbocycles. The van der Waals surface area contributed by atoms with Crippen LogP contribution in [0.4, 0.5) is 0 Å². The number of hydrogen-bond acceptors (Lipinski definition) is 0. The Balaban J connectivity index is 0. The minimum absolute atomic E-state index is 0. The Bertz CT molecular complexity index is 49.7. The van der Waals surface area contributed by atoms with Gasteiger partial charge in [0, 0.05) is 21.7 Å². The van der Waals surface area contributed by atoms with Gasteiger partial charge < -0.3 is 0 Å². The molecule has 0 atom stereocenters. The van der Waals surface area contributed by atoms with Gasteiger partial charge in [-0.1, -0.05) is 48.1 Å². The fourth-order valence-corrected chi connectivity index (χ4v) is 0.850. The summed E-state index contributed by atoms with van der Waals surface area (Å²) in [5.74, 6) is 0. The summed E-state index contributed by atoms with van der Waals surface area (Å²) in [5, 5.41) is 0. The molecule has 0 spiro atoms. The fourth-order valence-electron chi connectivity index (χ4n) is 0.283. The molecule has 0 heterocycles. The standard InChI is InChI=1S/C4H7Cl3.Ti/c1-2-3-4(5,6)7;/h2-3H2,1H3;. The smallest absolute Gasteiger partial charge is 0.0837 e. The zero-order valence-electron chi connectivity index (χ0n) is 4.55. The Morgan fingerprint density at radius 3 is 1.62 bits per heavy atom. The van der Waals surface area contributed by atoms with E-state index in [2.05, 4.69) is 0 Å². The van der Waals surface area contributed by atoms with Gasteiger partial charge in [0.25, 0.3) is 0 Å². The molecule has 0 N–H and O–H groups in total. The second-order valence-corrected chi connectivity index (χ2v) is 3.88. The molecule has 0 radical (unpaired) electrons. The summed E-state index contributed by atoms with van der Waals surface area (Å²) in [6.07, 6.45) is 1.55. The van der Waals surface area contributed by atoms with Crippen LogP contribution in [-0.2, 0) is 21.7 Å². The molecule has 0 rings (SSSR count). The molecule has 0 aliphatic carbocycles. The molecule has 48 valence electrons. The third-order valence-corrected chi connectivity index (χ3v) is 1.10. The predicted molar refractivity (Wildman–Crippen MR) is 35.2 cm³/mol. The van der Waals surface area contributed by atoms with Crippen LogP contribution in [0.25, 0.3) is 0 Å². The van der Waals surface area contributed by atoms with Crippen LogP contribution in [0.1, 0.15) is 19.8 Å². The van der Waals surface area contributed by atoms with Gasteiger partial charge in [-0.15, -0.1) is 0 Å². The van der Waals surface area contributed by atoms with Crippen molar-refractivity contribution in [3.05, 3.63) is 0 Å². The van der Waals surface area contributed by atoms with Crippen molar-refractivity contribution >= 4 is 34.8 Å². The third-order valence-electron chi connectivity index (χ3n) is 0.533. The summed E-state index contributed by atoms with van der Waals surface area (Å²) in [6.45, 7) is 1.97. The van der Waals surface area contributed by atoms with E-state index in [4.69, 9.17) is 34.8 Å². The van der Waals surface area contributed by atoms with Crippen LogP contribution >= 0.6 is 34.8 Å². The Kier molecular flexibility index (Phi) is 8.25. The summed E-state index contributed by atoms with van der Waals surface area (Å²) in [5.41, 5.74) is 0. The molecule has 0 amide bonds. The van der Waals surface area contributed by atoms with E-state index < -0.39 is 3.79 Å². The molecule has 0 nitrogen and oxygen atoms in total. The van der Waals surface area contributed by atoms with Crippen molar-refractivity contribution < 1.29 is 21.7 Å². The summed E-state index contributed by atoms with van der Waals surface area (Å²) >= 11 is 16.1. The SMILES string of the molecule is CCCC(Cl)(Cl)Cl.[Ti]. The zero-order valence-corrected chi connectivity index (χ0v) is 8.38. The zero-order chi connectivity index (χ0) is 5.91. The molecule has 0 fully saturated rings. The molecule has 0 saturated heterocycles. The number of hydrogen-bond donors (Lipinski definition) is 0. The first-order valence-electron chi connectivity index (χ1n) is 2.13. The van der Waals surface area contributed by atoms with E-state index in [1.807, 2.05) is 6.92 Å². The Labute approximate surface area is 79.8 Å². The van der Waals surface area contributed by atoms with Gasteiger partial charge in [0.1, 0.15) is 0 Å². The van der Waals surface area contributed by atoms with Gasteiger partial charge in [0.15, 0.2) is 3.79 Å². The normalized spacial score (nSPS) is 10.5. The van der Waals surface area contributed by atoms with Crippen molar-refractivity contribution in [3.8, 4) is 0 Å². The van der Waals surface area contributed by atoms with Crippen LogP contribution in [0.15, 0.2) is 0 Å². The van der Waals surface area contributed by atoms with Gasteiger partial charge in [0.05, 0.1) is 0 Å². The topological polar surface area (TPSA) is 0 Å². The first-order valence-corrected chi connectivity index (χ1v) is 3.26. The van der Waals surface area contributed by atoms with Gasteiger partial charge in [-0.2, -0.15) is 0 Å². The van der Waals surface area contributed by atoms with E-state index in [9.17, 15) is 0 Å². The van der Waals surface area contributed by atoms with Gasteiger partial charge in [-0.3, -0.25) is 0 Å². The van der Waals surface area contributed by atoms with Crippen molar-refractivity contribution in [2.24, 2.45) is 0 Å². The minimum atomic E-state index is -1.03. The molecule has 0 aromatic heterocycles. The monoisotopic (exact) mass is 208 g/mol. The summed E-state index contributed by atoms with van der Waals surface area (Å²) in [4.78, 5) is 0. The third kappa shape index (κ3) is 10.5. The van der Waals surface area contributed by atoms with Crippen molar-refractivity contribution in [2.45, 2.75) is 23.6 Å².